The van der Waals surface area contributed by atoms with Gasteiger partial charge in [0.25, 0.3) is 0 Å². The molecule has 168 valence electrons. The molecule has 0 saturated carbocycles. The second-order valence-corrected chi connectivity index (χ2v) is 8.69. The monoisotopic (exact) mass is 455 g/mol. The van der Waals surface area contributed by atoms with Gasteiger partial charge in [-0.1, -0.05) is 11.6 Å². The molecule has 0 aromatic heterocycles. The maximum Gasteiger partial charge on any atom is 0.246 e. The molecular formula is C25H26ClNO5. The van der Waals surface area contributed by atoms with Gasteiger partial charge in [0.05, 0.1) is 26.2 Å². The Morgan fingerprint density at radius 3 is 2.59 bits per heavy atom. The normalized spacial score (nSPS) is 17.2. The average Bonchev–Trinajstić information content (AvgIpc) is 2.78. The van der Waals surface area contributed by atoms with Crippen LogP contribution in [0.1, 0.15) is 40.7 Å². The van der Waals surface area contributed by atoms with Gasteiger partial charge in [-0.3, -0.25) is 9.59 Å². The Kier molecular flexibility index (Phi) is 6.15. The van der Waals surface area contributed by atoms with Crippen LogP contribution >= 0.6 is 11.6 Å². The van der Waals surface area contributed by atoms with Gasteiger partial charge in [-0.05, 0) is 48.9 Å². The highest BCUT2D eigenvalue weighted by molar-refractivity contribution is 6.31. The number of Topliss-reactive ketones (excluding diaryl/α,β-unsaturated/α-hetero) is 1. The van der Waals surface area contributed by atoms with Gasteiger partial charge in [0.1, 0.15) is 22.8 Å². The molecule has 2 heterocycles. The van der Waals surface area contributed by atoms with Crippen LogP contribution in [0.25, 0.3) is 6.08 Å². The second kappa shape index (κ2) is 8.87. The van der Waals surface area contributed by atoms with E-state index in [9.17, 15) is 9.59 Å². The van der Waals surface area contributed by atoms with E-state index in [1.54, 1.807) is 49.5 Å². The zero-order valence-electron chi connectivity index (χ0n) is 18.4. The van der Waals surface area contributed by atoms with Gasteiger partial charge in [-0.2, -0.15) is 0 Å². The summed E-state index contributed by atoms with van der Waals surface area (Å²) in [7, 11) is 3.18. The molecule has 1 spiro atoms. The lowest BCUT2D eigenvalue weighted by Crippen LogP contribution is -2.52. The Hall–Kier alpha value is -2.99. The third kappa shape index (κ3) is 4.32. The van der Waals surface area contributed by atoms with Crippen molar-refractivity contribution >= 4 is 29.4 Å². The van der Waals surface area contributed by atoms with Crippen molar-refractivity contribution in [3.8, 4) is 17.2 Å². The van der Waals surface area contributed by atoms with Crippen LogP contribution < -0.4 is 14.2 Å². The fraction of sp³-hybridized carbons (Fsp3) is 0.360. The number of halogens is 1. The summed E-state index contributed by atoms with van der Waals surface area (Å²) in [5, 5.41) is 0.536. The number of ketones is 1. The van der Waals surface area contributed by atoms with Crippen molar-refractivity contribution in [1.29, 1.82) is 0 Å². The van der Waals surface area contributed by atoms with Crippen LogP contribution in [0.5, 0.6) is 17.2 Å². The zero-order valence-corrected chi connectivity index (χ0v) is 19.2. The minimum atomic E-state index is -0.570. The predicted molar refractivity (Wildman–Crippen MR) is 123 cm³/mol. The van der Waals surface area contributed by atoms with Crippen LogP contribution in [0.2, 0.25) is 5.02 Å². The van der Waals surface area contributed by atoms with E-state index in [2.05, 4.69) is 0 Å². The lowest BCUT2D eigenvalue weighted by molar-refractivity contribution is -0.129. The molecule has 1 saturated heterocycles. The number of piperidine rings is 1. The van der Waals surface area contributed by atoms with E-state index in [0.29, 0.717) is 60.2 Å². The predicted octanol–water partition coefficient (Wildman–Crippen LogP) is 4.71. The molecule has 0 unspecified atom stereocenters. The third-order valence-corrected chi connectivity index (χ3v) is 6.39. The quantitative estimate of drug-likeness (QED) is 0.625. The van der Waals surface area contributed by atoms with Crippen molar-refractivity contribution < 1.29 is 23.8 Å². The van der Waals surface area contributed by atoms with Crippen molar-refractivity contribution in [3.05, 3.63) is 58.1 Å². The number of fused-ring (bicyclic) bond motifs is 1. The van der Waals surface area contributed by atoms with Crippen LogP contribution in [0.3, 0.4) is 0 Å². The first-order valence-corrected chi connectivity index (χ1v) is 10.9. The number of hydrogen-bond acceptors (Lipinski definition) is 5. The molecule has 2 aliphatic heterocycles. The third-order valence-electron chi connectivity index (χ3n) is 6.17. The number of rotatable bonds is 4. The minimum absolute atomic E-state index is 0.0432. The van der Waals surface area contributed by atoms with Gasteiger partial charge < -0.3 is 19.1 Å². The van der Waals surface area contributed by atoms with Crippen LogP contribution in [0, 0.1) is 6.92 Å². The van der Waals surface area contributed by atoms with Crippen molar-refractivity contribution in [1.82, 2.24) is 4.90 Å². The van der Waals surface area contributed by atoms with E-state index in [0.717, 1.165) is 11.1 Å². The molecule has 0 radical (unpaired) electrons. The maximum atomic E-state index is 12.8. The first-order chi connectivity index (χ1) is 15.3. The SMILES string of the molecule is COc1ccc(OC)c(/C=C/C(=O)N2CCC3(CC2)CC(=O)c2cc(Cl)cc(C)c2O3)c1. The molecule has 0 aliphatic carbocycles. The molecular weight excluding hydrogens is 430 g/mol. The number of carbonyl (C=O) groups is 2. The highest BCUT2D eigenvalue weighted by Gasteiger charge is 2.44. The molecule has 0 atom stereocenters. The molecule has 6 nitrogen and oxygen atoms in total. The summed E-state index contributed by atoms with van der Waals surface area (Å²) in [5.74, 6) is 1.93. The van der Waals surface area contributed by atoms with Gasteiger partial charge in [-0.15, -0.1) is 0 Å². The zero-order chi connectivity index (χ0) is 22.9. The number of amides is 1. The molecule has 32 heavy (non-hydrogen) atoms. The van der Waals surface area contributed by atoms with E-state index in [4.69, 9.17) is 25.8 Å². The fourth-order valence-electron chi connectivity index (χ4n) is 4.36. The van der Waals surface area contributed by atoms with E-state index in [1.165, 1.54) is 0 Å². The van der Waals surface area contributed by atoms with Crippen molar-refractivity contribution in [2.24, 2.45) is 0 Å². The Morgan fingerprint density at radius 2 is 1.91 bits per heavy atom. The van der Waals surface area contributed by atoms with E-state index in [-0.39, 0.29) is 11.7 Å². The van der Waals surface area contributed by atoms with Gasteiger partial charge in [-0.25, -0.2) is 0 Å². The topological polar surface area (TPSA) is 65.1 Å². The van der Waals surface area contributed by atoms with Crippen LogP contribution in [0.15, 0.2) is 36.4 Å². The number of benzene rings is 2. The number of nitrogens with zero attached hydrogens (tertiary/aromatic N) is 1. The number of carbonyl (C=O) groups excluding carboxylic acids is 2. The fourth-order valence-corrected chi connectivity index (χ4v) is 4.64. The molecule has 2 aromatic carbocycles. The van der Waals surface area contributed by atoms with Crippen molar-refractivity contribution in [3.63, 3.8) is 0 Å². The van der Waals surface area contributed by atoms with Gasteiger partial charge in [0.15, 0.2) is 5.78 Å². The second-order valence-electron chi connectivity index (χ2n) is 8.25. The first kappa shape index (κ1) is 22.2. The number of hydrogen-bond donors (Lipinski definition) is 0. The molecule has 7 heteroatoms. The molecule has 0 bridgehead atoms. The average molecular weight is 456 g/mol. The molecule has 1 amide bonds. The molecule has 2 aliphatic rings. The molecule has 4 rings (SSSR count). The van der Waals surface area contributed by atoms with Gasteiger partial charge in [0, 0.05) is 42.6 Å². The van der Waals surface area contributed by atoms with Crippen molar-refractivity contribution in [2.45, 2.75) is 31.8 Å². The van der Waals surface area contributed by atoms with E-state index >= 15 is 0 Å². The number of methoxy groups -OCH3 is 2. The minimum Gasteiger partial charge on any atom is -0.497 e. The summed E-state index contributed by atoms with van der Waals surface area (Å²) in [5.41, 5.74) is 1.60. The number of aryl methyl sites for hydroxylation is 1. The molecule has 2 aromatic rings. The molecule has 0 N–H and O–H groups in total. The summed E-state index contributed by atoms with van der Waals surface area (Å²) in [6.07, 6.45) is 4.78. The van der Waals surface area contributed by atoms with Gasteiger partial charge >= 0.3 is 0 Å². The summed E-state index contributed by atoms with van der Waals surface area (Å²) in [6.45, 7) is 2.94. The Morgan fingerprint density at radius 1 is 1.16 bits per heavy atom. The maximum absolute atomic E-state index is 12.8. The van der Waals surface area contributed by atoms with Crippen molar-refractivity contribution in [2.75, 3.05) is 27.3 Å². The number of likely N-dealkylation sites (tertiary alicyclic amines) is 1. The Labute approximate surface area is 192 Å². The van der Waals surface area contributed by atoms with Crippen LogP contribution in [0.4, 0.5) is 0 Å². The number of ether oxygens (including phenoxy) is 3. The van der Waals surface area contributed by atoms with Gasteiger partial charge in [0.2, 0.25) is 5.91 Å². The summed E-state index contributed by atoms with van der Waals surface area (Å²) < 4.78 is 17.0. The Bertz CT molecular complexity index is 1090. The highest BCUT2D eigenvalue weighted by atomic mass is 35.5. The standard InChI is InChI=1S/C25H26ClNO5/c1-16-12-18(26)14-20-21(28)15-25(32-24(16)20)8-10-27(11-9-25)23(29)7-4-17-13-19(30-2)5-6-22(17)31-3/h4-7,12-14H,8-11,15H2,1-3H3/b7-4+. The summed E-state index contributed by atoms with van der Waals surface area (Å²) >= 11 is 6.12. The summed E-state index contributed by atoms with van der Waals surface area (Å²) in [6, 6.07) is 8.92. The summed E-state index contributed by atoms with van der Waals surface area (Å²) in [4.78, 5) is 27.4. The first-order valence-electron chi connectivity index (χ1n) is 10.6. The van der Waals surface area contributed by atoms with E-state index in [1.807, 2.05) is 19.1 Å². The highest BCUT2D eigenvalue weighted by Crippen LogP contribution is 2.42. The Balaban J connectivity index is 1.44. The largest absolute Gasteiger partial charge is 0.497 e. The van der Waals surface area contributed by atoms with Crippen LogP contribution in [-0.2, 0) is 4.79 Å². The van der Waals surface area contributed by atoms with E-state index < -0.39 is 5.60 Å². The van der Waals surface area contributed by atoms with Crippen LogP contribution in [-0.4, -0.2) is 49.5 Å². The smallest absolute Gasteiger partial charge is 0.246 e. The lowest BCUT2D eigenvalue weighted by Gasteiger charge is -2.44. The lowest BCUT2D eigenvalue weighted by atomic mass is 9.82. The molecule has 1 fully saturated rings.